The van der Waals surface area contributed by atoms with Crippen molar-refractivity contribution in [2.24, 2.45) is 4.99 Å². The summed E-state index contributed by atoms with van der Waals surface area (Å²) in [6.07, 6.45) is 1.25. The molecule has 252 valence electrons. The first-order chi connectivity index (χ1) is 22.8. The molecule has 3 aromatic rings. The molecule has 0 bridgehead atoms. The molecular formula is C36H47ClN6O3S. The molecule has 9 nitrogen and oxygen atoms in total. The second kappa shape index (κ2) is 18.8. The minimum atomic E-state index is -0.719. The number of nitrogens with one attached hydrogen (secondary N) is 1. The summed E-state index contributed by atoms with van der Waals surface area (Å²) in [6.45, 7) is 10.6. The van der Waals surface area contributed by atoms with Gasteiger partial charge in [-0.2, -0.15) is 5.26 Å². The highest BCUT2D eigenvalue weighted by molar-refractivity contribution is 7.84. The van der Waals surface area contributed by atoms with Crippen molar-refractivity contribution in [2.45, 2.75) is 32.8 Å². The predicted molar refractivity (Wildman–Crippen MR) is 194 cm³/mol. The van der Waals surface area contributed by atoms with E-state index < -0.39 is 16.9 Å². The molecule has 0 saturated carbocycles. The lowest BCUT2D eigenvalue weighted by atomic mass is 10.1. The standard InChI is InChI=1S/C18H19ClN4.C18H28N2O3S/c1-22-8-10-23(11-9-22)18-14-4-2-3-5-15(14)20-16-7-6-13(19)12-17(16)21-18;1-3-11-24(22)12-5-10-20(4-2)14-17(21)15-23-18-8-6-16(13-19)7-9-18/h2-7,12,20H,8-11H2,1H3;6-9,17,21H,3-5,10-12,14-15H2,1-2H3. The molecule has 3 aromatic carbocycles. The Hall–Kier alpha value is -3.46. The predicted octanol–water partition coefficient (Wildman–Crippen LogP) is 5.89. The first-order valence-electron chi connectivity index (χ1n) is 16.4. The number of aliphatic hydroxyl groups is 1. The molecule has 11 heteroatoms. The summed E-state index contributed by atoms with van der Waals surface area (Å²) in [5, 5.41) is 23.1. The number of rotatable bonds is 12. The molecular weight excluding hydrogens is 632 g/mol. The molecule has 2 unspecified atom stereocenters. The number of anilines is 2. The summed E-state index contributed by atoms with van der Waals surface area (Å²) in [7, 11) is 1.44. The van der Waals surface area contributed by atoms with Gasteiger partial charge in [-0.05, 0) is 87.6 Å². The molecule has 2 atom stereocenters. The van der Waals surface area contributed by atoms with Gasteiger partial charge in [0.1, 0.15) is 24.3 Å². The number of aliphatic imine (C=N–C) groups is 1. The quantitative estimate of drug-likeness (QED) is 0.244. The number of amidine groups is 1. The van der Waals surface area contributed by atoms with Gasteiger partial charge in [0, 0.05) is 71.3 Å². The minimum absolute atomic E-state index is 0.212. The van der Waals surface area contributed by atoms with Crippen LogP contribution in [0.4, 0.5) is 17.1 Å². The Balaban J connectivity index is 0.000000213. The van der Waals surface area contributed by atoms with Gasteiger partial charge in [0.05, 0.1) is 23.0 Å². The van der Waals surface area contributed by atoms with Crippen LogP contribution < -0.4 is 10.1 Å². The number of hydrogen-bond donors (Lipinski definition) is 2. The Labute approximate surface area is 287 Å². The number of piperazine rings is 1. The highest BCUT2D eigenvalue weighted by Crippen LogP contribution is 2.36. The third kappa shape index (κ3) is 11.3. The van der Waals surface area contributed by atoms with E-state index in [1.54, 1.807) is 24.3 Å². The van der Waals surface area contributed by atoms with Gasteiger partial charge in [0.15, 0.2) is 0 Å². The van der Waals surface area contributed by atoms with Gasteiger partial charge in [0.25, 0.3) is 0 Å². The molecule has 0 aromatic heterocycles. The second-order valence-electron chi connectivity index (χ2n) is 11.8. The number of ether oxygens (including phenoxy) is 1. The second-order valence-corrected chi connectivity index (χ2v) is 13.9. The van der Waals surface area contributed by atoms with Gasteiger partial charge >= 0.3 is 0 Å². The Kier molecular flexibility index (Phi) is 14.5. The zero-order chi connectivity index (χ0) is 33.6. The highest BCUT2D eigenvalue weighted by Gasteiger charge is 2.23. The van der Waals surface area contributed by atoms with Crippen LogP contribution in [-0.4, -0.2) is 107 Å². The van der Waals surface area contributed by atoms with Gasteiger partial charge in [-0.25, -0.2) is 4.99 Å². The van der Waals surface area contributed by atoms with Crippen LogP contribution in [0.3, 0.4) is 0 Å². The lowest BCUT2D eigenvalue weighted by molar-refractivity contribution is 0.0700. The number of likely N-dealkylation sites (N-methyl/N-ethyl adjacent to an activating group) is 2. The van der Waals surface area contributed by atoms with Crippen LogP contribution in [0, 0.1) is 11.3 Å². The summed E-state index contributed by atoms with van der Waals surface area (Å²) >= 11 is 6.18. The molecule has 0 radical (unpaired) electrons. The van der Waals surface area contributed by atoms with Crippen LogP contribution in [0.25, 0.3) is 0 Å². The average Bonchev–Trinajstić information content (AvgIpc) is 3.24. The van der Waals surface area contributed by atoms with Crippen LogP contribution in [0.2, 0.25) is 5.02 Å². The van der Waals surface area contributed by atoms with Crippen LogP contribution in [0.1, 0.15) is 37.8 Å². The van der Waals surface area contributed by atoms with Gasteiger partial charge in [-0.15, -0.1) is 0 Å². The van der Waals surface area contributed by atoms with Crippen molar-refractivity contribution in [3.8, 4) is 11.8 Å². The van der Waals surface area contributed by atoms with E-state index in [4.69, 9.17) is 26.6 Å². The molecule has 0 aliphatic carbocycles. The van der Waals surface area contributed by atoms with Crippen LogP contribution in [0.5, 0.6) is 5.75 Å². The van der Waals surface area contributed by atoms with Crippen molar-refractivity contribution in [2.75, 3.05) is 76.3 Å². The highest BCUT2D eigenvalue weighted by atomic mass is 35.5. The molecule has 0 amide bonds. The summed E-state index contributed by atoms with van der Waals surface area (Å²) in [4.78, 5) is 11.8. The summed E-state index contributed by atoms with van der Waals surface area (Å²) in [5.74, 6) is 3.17. The first-order valence-corrected chi connectivity index (χ1v) is 18.2. The maximum Gasteiger partial charge on any atom is 0.138 e. The number of halogens is 1. The van der Waals surface area contributed by atoms with E-state index in [1.807, 2.05) is 31.2 Å². The van der Waals surface area contributed by atoms with Gasteiger partial charge in [-0.1, -0.05) is 37.6 Å². The zero-order valence-corrected chi connectivity index (χ0v) is 29.3. The largest absolute Gasteiger partial charge is 0.491 e. The van der Waals surface area contributed by atoms with E-state index in [2.05, 4.69) is 58.3 Å². The molecule has 1 fully saturated rings. The fourth-order valence-electron chi connectivity index (χ4n) is 5.40. The maximum atomic E-state index is 11.6. The van der Waals surface area contributed by atoms with Crippen molar-refractivity contribution in [1.82, 2.24) is 14.7 Å². The monoisotopic (exact) mass is 678 g/mol. The number of hydrogen-bond acceptors (Lipinski definition) is 9. The minimum Gasteiger partial charge on any atom is -0.491 e. The summed E-state index contributed by atoms with van der Waals surface area (Å²) in [5.41, 5.74) is 4.70. The Morgan fingerprint density at radius 1 is 1.06 bits per heavy atom. The van der Waals surface area contributed by atoms with Crippen molar-refractivity contribution in [1.29, 1.82) is 5.26 Å². The smallest absolute Gasteiger partial charge is 0.138 e. The molecule has 2 aliphatic rings. The Morgan fingerprint density at radius 2 is 1.81 bits per heavy atom. The van der Waals surface area contributed by atoms with Crippen molar-refractivity contribution < 1.29 is 14.1 Å². The topological polar surface area (TPSA) is 104 Å². The number of aliphatic hydroxyl groups excluding tert-OH is 1. The third-order valence-corrected chi connectivity index (χ3v) is 9.89. The first kappa shape index (κ1) is 36.4. The number of para-hydroxylation sites is 1. The molecule has 47 heavy (non-hydrogen) atoms. The Bertz CT molecular complexity index is 1520. The lowest BCUT2D eigenvalue weighted by Gasteiger charge is -2.34. The molecule has 2 heterocycles. The van der Waals surface area contributed by atoms with Crippen molar-refractivity contribution in [3.63, 3.8) is 0 Å². The molecule has 2 aliphatic heterocycles. The number of benzene rings is 3. The van der Waals surface area contributed by atoms with Gasteiger partial charge < -0.3 is 29.9 Å². The SMILES string of the molecule is CCCS(=O)CCCN(CC)CC(O)COc1ccc(C#N)cc1.CN1CCN(C2=Nc3cc(Cl)ccc3Nc3ccccc32)CC1. The fourth-order valence-corrected chi connectivity index (χ4v) is 6.67. The summed E-state index contributed by atoms with van der Waals surface area (Å²) < 4.78 is 17.2. The number of nitrogens with zero attached hydrogens (tertiary/aromatic N) is 5. The van der Waals surface area contributed by atoms with E-state index in [-0.39, 0.29) is 6.61 Å². The normalized spacial score (nSPS) is 15.5. The maximum absolute atomic E-state index is 11.6. The molecule has 5 rings (SSSR count). The van der Waals surface area contributed by atoms with E-state index in [1.165, 1.54) is 0 Å². The van der Waals surface area contributed by atoms with E-state index in [9.17, 15) is 9.32 Å². The van der Waals surface area contributed by atoms with Crippen LogP contribution in [0.15, 0.2) is 71.7 Å². The van der Waals surface area contributed by atoms with E-state index in [0.29, 0.717) is 22.9 Å². The van der Waals surface area contributed by atoms with Crippen LogP contribution in [-0.2, 0) is 10.8 Å². The summed E-state index contributed by atoms with van der Waals surface area (Å²) in [6, 6.07) is 23.0. The third-order valence-electron chi connectivity index (χ3n) is 8.05. The number of fused-ring (bicyclic) bond motifs is 2. The average molecular weight is 679 g/mol. The number of nitriles is 1. The molecule has 1 saturated heterocycles. The van der Waals surface area contributed by atoms with Crippen molar-refractivity contribution in [3.05, 3.63) is 82.9 Å². The fraction of sp³-hybridized carbons (Fsp3) is 0.444. The molecule has 0 spiro atoms. The zero-order valence-electron chi connectivity index (χ0n) is 27.7. The van der Waals surface area contributed by atoms with Gasteiger partial charge in [-0.3, -0.25) is 4.21 Å². The van der Waals surface area contributed by atoms with Crippen molar-refractivity contribution >= 4 is 45.3 Å². The Morgan fingerprint density at radius 3 is 2.51 bits per heavy atom. The van der Waals surface area contributed by atoms with E-state index in [0.717, 1.165) is 92.1 Å². The molecule has 2 N–H and O–H groups in total. The lowest BCUT2D eigenvalue weighted by Crippen LogP contribution is -2.47. The van der Waals surface area contributed by atoms with Crippen LogP contribution >= 0.6 is 11.6 Å². The van der Waals surface area contributed by atoms with Gasteiger partial charge in [0.2, 0.25) is 0 Å². The van der Waals surface area contributed by atoms with E-state index >= 15 is 0 Å².